The molecule has 0 saturated carbocycles. The van der Waals surface area contributed by atoms with E-state index in [-0.39, 0.29) is 16.9 Å². The van der Waals surface area contributed by atoms with E-state index in [2.05, 4.69) is 25.9 Å². The second-order valence-electron chi connectivity index (χ2n) is 5.14. The van der Waals surface area contributed by atoms with Crippen LogP contribution in [-0.2, 0) is 4.74 Å². The number of carbonyl (C=O) groups is 1. The summed E-state index contributed by atoms with van der Waals surface area (Å²) in [6, 6.07) is 10.9. The molecule has 1 atom stereocenters. The van der Waals surface area contributed by atoms with Gasteiger partial charge in [0.05, 0.1) is 16.5 Å². The Balaban J connectivity index is 1.88. The van der Waals surface area contributed by atoms with Gasteiger partial charge in [0, 0.05) is 4.47 Å². The first-order chi connectivity index (χ1) is 11.5. The molecule has 7 heteroatoms. The van der Waals surface area contributed by atoms with Crippen LogP contribution in [0, 0.1) is 5.82 Å². The summed E-state index contributed by atoms with van der Waals surface area (Å²) in [5.41, 5.74) is -0.0181. The van der Waals surface area contributed by atoms with E-state index in [0.29, 0.717) is 15.4 Å². The molecule has 0 aliphatic rings. The zero-order valence-electron chi connectivity index (χ0n) is 12.5. The van der Waals surface area contributed by atoms with Gasteiger partial charge in [-0.25, -0.2) is 14.2 Å². The Morgan fingerprint density at radius 2 is 2.04 bits per heavy atom. The fourth-order valence-corrected chi connectivity index (χ4v) is 2.57. The molecule has 0 aliphatic carbocycles. The first-order valence-electron chi connectivity index (χ1n) is 7.10. The lowest BCUT2D eigenvalue weighted by Crippen LogP contribution is -2.18. The number of carbonyl (C=O) groups excluding carboxylic acids is 1. The van der Waals surface area contributed by atoms with E-state index in [4.69, 9.17) is 4.74 Å². The SMILES string of the molecule is C[C@H](OC(=O)c1ccc(Br)cc1F)c1nc2ccccc2c(=O)[nH]1. The molecule has 0 radical (unpaired) electrons. The van der Waals surface area contributed by atoms with Crippen LogP contribution in [0.4, 0.5) is 4.39 Å². The number of aromatic nitrogens is 2. The average Bonchev–Trinajstić information content (AvgIpc) is 2.54. The van der Waals surface area contributed by atoms with Gasteiger partial charge in [-0.05, 0) is 37.3 Å². The van der Waals surface area contributed by atoms with Crippen molar-refractivity contribution >= 4 is 32.8 Å². The van der Waals surface area contributed by atoms with Crippen molar-refractivity contribution in [3.05, 3.63) is 74.5 Å². The van der Waals surface area contributed by atoms with Crippen LogP contribution in [0.25, 0.3) is 10.9 Å². The monoisotopic (exact) mass is 390 g/mol. The Kier molecular flexibility index (Phi) is 4.44. The van der Waals surface area contributed by atoms with Crippen molar-refractivity contribution < 1.29 is 13.9 Å². The molecule has 0 bridgehead atoms. The quantitative estimate of drug-likeness (QED) is 0.691. The second-order valence-corrected chi connectivity index (χ2v) is 6.06. The van der Waals surface area contributed by atoms with E-state index in [1.807, 2.05) is 0 Å². The average molecular weight is 391 g/mol. The second kappa shape index (κ2) is 6.52. The van der Waals surface area contributed by atoms with Crippen molar-refractivity contribution in [3.8, 4) is 0 Å². The summed E-state index contributed by atoms with van der Waals surface area (Å²) in [6.07, 6.45) is -0.835. The zero-order chi connectivity index (χ0) is 17.3. The molecular formula is C17H12BrFN2O3. The van der Waals surface area contributed by atoms with Crippen molar-refractivity contribution in [1.82, 2.24) is 9.97 Å². The molecule has 2 aromatic carbocycles. The Morgan fingerprint density at radius 1 is 1.29 bits per heavy atom. The van der Waals surface area contributed by atoms with Gasteiger partial charge in [0.1, 0.15) is 5.82 Å². The lowest BCUT2D eigenvalue weighted by molar-refractivity contribution is 0.0314. The van der Waals surface area contributed by atoms with Gasteiger partial charge in [-0.1, -0.05) is 28.1 Å². The summed E-state index contributed by atoms with van der Waals surface area (Å²) in [7, 11) is 0. The molecule has 122 valence electrons. The highest BCUT2D eigenvalue weighted by Gasteiger charge is 2.19. The van der Waals surface area contributed by atoms with Gasteiger partial charge < -0.3 is 9.72 Å². The van der Waals surface area contributed by atoms with E-state index in [9.17, 15) is 14.0 Å². The predicted molar refractivity (Wildman–Crippen MR) is 90.3 cm³/mol. The van der Waals surface area contributed by atoms with E-state index in [1.165, 1.54) is 12.1 Å². The number of fused-ring (bicyclic) bond motifs is 1. The Bertz CT molecular complexity index is 987. The third-order valence-corrected chi connectivity index (χ3v) is 3.94. The van der Waals surface area contributed by atoms with Gasteiger partial charge in [0.2, 0.25) is 0 Å². The van der Waals surface area contributed by atoms with Crippen molar-refractivity contribution in [2.75, 3.05) is 0 Å². The largest absolute Gasteiger partial charge is 0.451 e. The van der Waals surface area contributed by atoms with Crippen molar-refractivity contribution in [3.63, 3.8) is 0 Å². The van der Waals surface area contributed by atoms with Gasteiger partial charge in [-0.2, -0.15) is 0 Å². The van der Waals surface area contributed by atoms with Crippen LogP contribution in [0.3, 0.4) is 0 Å². The summed E-state index contributed by atoms with van der Waals surface area (Å²) in [4.78, 5) is 31.0. The topological polar surface area (TPSA) is 72.0 Å². The molecule has 0 amide bonds. The normalized spacial score (nSPS) is 12.1. The number of nitrogens with zero attached hydrogens (tertiary/aromatic N) is 1. The van der Waals surface area contributed by atoms with Crippen LogP contribution in [-0.4, -0.2) is 15.9 Å². The Hall–Kier alpha value is -2.54. The third kappa shape index (κ3) is 3.21. The molecule has 0 unspecified atom stereocenters. The van der Waals surface area contributed by atoms with Crippen LogP contribution in [0.15, 0.2) is 51.7 Å². The molecule has 0 aliphatic heterocycles. The van der Waals surface area contributed by atoms with Crippen molar-refractivity contribution in [1.29, 1.82) is 0 Å². The van der Waals surface area contributed by atoms with Crippen molar-refractivity contribution in [2.24, 2.45) is 0 Å². The Labute approximate surface area is 144 Å². The summed E-state index contributed by atoms with van der Waals surface area (Å²) in [6.45, 7) is 1.56. The fraction of sp³-hybridized carbons (Fsp3) is 0.118. The van der Waals surface area contributed by atoms with Crippen LogP contribution < -0.4 is 5.56 Å². The molecule has 0 saturated heterocycles. The number of benzene rings is 2. The van der Waals surface area contributed by atoms with Gasteiger partial charge >= 0.3 is 5.97 Å². The summed E-state index contributed by atoms with van der Waals surface area (Å²) in [5.74, 6) is -1.32. The number of aromatic amines is 1. The van der Waals surface area contributed by atoms with Gasteiger partial charge in [-0.3, -0.25) is 4.79 Å². The van der Waals surface area contributed by atoms with Crippen LogP contribution in [0.5, 0.6) is 0 Å². The molecule has 0 spiro atoms. The van der Waals surface area contributed by atoms with Crippen LogP contribution in [0.2, 0.25) is 0 Å². The van der Waals surface area contributed by atoms with Crippen LogP contribution in [0.1, 0.15) is 29.2 Å². The molecule has 5 nitrogen and oxygen atoms in total. The maximum atomic E-state index is 13.8. The van der Waals surface area contributed by atoms with E-state index in [0.717, 1.165) is 0 Å². The molecule has 1 aromatic heterocycles. The zero-order valence-corrected chi connectivity index (χ0v) is 14.1. The number of ether oxygens (including phenoxy) is 1. The van der Waals surface area contributed by atoms with Gasteiger partial charge in [-0.15, -0.1) is 0 Å². The maximum Gasteiger partial charge on any atom is 0.341 e. The number of para-hydroxylation sites is 1. The van der Waals surface area contributed by atoms with Gasteiger partial charge in [0.15, 0.2) is 11.9 Å². The predicted octanol–water partition coefficient (Wildman–Crippen LogP) is 3.74. The molecular weight excluding hydrogens is 379 g/mol. The molecule has 3 rings (SSSR count). The van der Waals surface area contributed by atoms with E-state index < -0.39 is 17.9 Å². The number of hydrogen-bond acceptors (Lipinski definition) is 4. The highest BCUT2D eigenvalue weighted by atomic mass is 79.9. The minimum atomic E-state index is -0.835. The van der Waals surface area contributed by atoms with E-state index in [1.54, 1.807) is 37.3 Å². The standard InChI is InChI=1S/C17H12BrFN2O3/c1-9(24-17(23)11-7-6-10(18)8-13(11)19)15-20-14-5-3-2-4-12(14)16(22)21-15/h2-9H,1H3,(H,20,21,22)/t9-/m0/s1. The lowest BCUT2D eigenvalue weighted by atomic mass is 10.2. The summed E-state index contributed by atoms with van der Waals surface area (Å²) in [5, 5.41) is 0.443. The highest BCUT2D eigenvalue weighted by molar-refractivity contribution is 9.10. The number of H-pyrrole nitrogens is 1. The highest BCUT2D eigenvalue weighted by Crippen LogP contribution is 2.20. The van der Waals surface area contributed by atoms with Gasteiger partial charge in [0.25, 0.3) is 5.56 Å². The number of rotatable bonds is 3. The summed E-state index contributed by atoms with van der Waals surface area (Å²) < 4.78 is 19.6. The molecule has 1 N–H and O–H groups in total. The number of esters is 1. The van der Waals surface area contributed by atoms with E-state index >= 15 is 0 Å². The first-order valence-corrected chi connectivity index (χ1v) is 7.90. The van der Waals surface area contributed by atoms with Crippen LogP contribution >= 0.6 is 15.9 Å². The summed E-state index contributed by atoms with van der Waals surface area (Å²) >= 11 is 3.12. The minimum absolute atomic E-state index is 0.187. The first kappa shape index (κ1) is 16.3. The Morgan fingerprint density at radius 3 is 2.79 bits per heavy atom. The molecule has 0 fully saturated rings. The molecule has 1 heterocycles. The third-order valence-electron chi connectivity index (χ3n) is 3.45. The number of nitrogens with one attached hydrogen (secondary N) is 1. The number of halogens is 2. The molecule has 3 aromatic rings. The number of hydrogen-bond donors (Lipinski definition) is 1. The molecule has 24 heavy (non-hydrogen) atoms. The smallest absolute Gasteiger partial charge is 0.341 e. The minimum Gasteiger partial charge on any atom is -0.451 e. The maximum absolute atomic E-state index is 13.8. The lowest BCUT2D eigenvalue weighted by Gasteiger charge is -2.13. The fourth-order valence-electron chi connectivity index (χ4n) is 2.23. The van der Waals surface area contributed by atoms with Crippen molar-refractivity contribution in [2.45, 2.75) is 13.0 Å².